The fraction of sp³-hybridized carbons (Fsp3) is 0.273. The molecule has 0 spiro atoms. The van der Waals surface area contributed by atoms with Crippen molar-refractivity contribution in [2.75, 3.05) is 7.11 Å². The van der Waals surface area contributed by atoms with Crippen LogP contribution >= 0.6 is 0 Å². The Kier molecular flexibility index (Phi) is 5.04. The Balaban J connectivity index is 2.05. The van der Waals surface area contributed by atoms with Crippen LogP contribution in [0.4, 0.5) is 0 Å². The SMILES string of the molecule is COC(=O)C(CC(=O)C(C)(C)C)=NN=C1c2ccccc2-c2ccccc21. The minimum atomic E-state index is -0.642. The van der Waals surface area contributed by atoms with Crippen molar-refractivity contribution in [1.29, 1.82) is 0 Å². The van der Waals surface area contributed by atoms with Gasteiger partial charge in [-0.3, -0.25) is 4.79 Å². The van der Waals surface area contributed by atoms with Gasteiger partial charge in [0.05, 0.1) is 13.5 Å². The van der Waals surface area contributed by atoms with Gasteiger partial charge in [-0.05, 0) is 11.1 Å². The third-order valence-electron chi connectivity index (χ3n) is 4.51. The molecule has 0 aromatic heterocycles. The molecule has 1 aliphatic carbocycles. The summed E-state index contributed by atoms with van der Waals surface area (Å²) in [5.74, 6) is -0.740. The van der Waals surface area contributed by atoms with Crippen molar-refractivity contribution < 1.29 is 14.3 Å². The highest BCUT2D eigenvalue weighted by Gasteiger charge is 2.27. The van der Waals surface area contributed by atoms with E-state index in [2.05, 4.69) is 10.2 Å². The number of benzene rings is 2. The first-order valence-corrected chi connectivity index (χ1v) is 8.78. The standard InChI is InChI=1S/C22H22N2O3/c1-22(2,3)19(25)13-18(21(26)27-4)23-24-20-16-11-7-5-9-14(16)15-10-6-8-12-17(15)20/h5-12H,13H2,1-4H3. The predicted octanol–water partition coefficient (Wildman–Crippen LogP) is 4.04. The van der Waals surface area contributed by atoms with E-state index >= 15 is 0 Å². The molecule has 0 atom stereocenters. The van der Waals surface area contributed by atoms with Crippen molar-refractivity contribution >= 4 is 23.2 Å². The Labute approximate surface area is 158 Å². The predicted molar refractivity (Wildman–Crippen MR) is 106 cm³/mol. The average Bonchev–Trinajstić information content (AvgIpc) is 2.97. The lowest BCUT2D eigenvalue weighted by Crippen LogP contribution is -2.27. The lowest BCUT2D eigenvalue weighted by Gasteiger charge is -2.16. The van der Waals surface area contributed by atoms with Crippen LogP contribution in [0.1, 0.15) is 38.3 Å². The fourth-order valence-corrected chi connectivity index (χ4v) is 2.90. The van der Waals surface area contributed by atoms with Gasteiger partial charge in [0.2, 0.25) is 0 Å². The zero-order valence-electron chi connectivity index (χ0n) is 15.9. The van der Waals surface area contributed by atoms with Gasteiger partial charge in [-0.25, -0.2) is 4.79 Å². The van der Waals surface area contributed by atoms with Crippen LogP contribution < -0.4 is 0 Å². The smallest absolute Gasteiger partial charge is 0.354 e. The third-order valence-corrected chi connectivity index (χ3v) is 4.51. The number of rotatable bonds is 4. The maximum atomic E-state index is 12.4. The number of nitrogens with zero attached hydrogens (tertiary/aromatic N) is 2. The minimum absolute atomic E-state index is 0.00628. The first-order valence-electron chi connectivity index (χ1n) is 8.78. The number of carbonyl (C=O) groups is 2. The van der Waals surface area contributed by atoms with Crippen LogP contribution in [-0.4, -0.2) is 30.3 Å². The van der Waals surface area contributed by atoms with Crippen LogP contribution in [-0.2, 0) is 14.3 Å². The molecule has 0 unspecified atom stereocenters. The molecular weight excluding hydrogens is 340 g/mol. The van der Waals surface area contributed by atoms with E-state index in [1.165, 1.54) is 7.11 Å². The topological polar surface area (TPSA) is 68.1 Å². The van der Waals surface area contributed by atoms with Gasteiger partial charge in [-0.1, -0.05) is 69.3 Å². The molecule has 0 fully saturated rings. The molecule has 1 aliphatic rings. The number of hydrogen-bond acceptors (Lipinski definition) is 5. The van der Waals surface area contributed by atoms with Crippen LogP contribution in [0.3, 0.4) is 0 Å². The Bertz CT molecular complexity index is 918. The summed E-state index contributed by atoms with van der Waals surface area (Å²) in [7, 11) is 1.27. The van der Waals surface area contributed by atoms with E-state index in [-0.39, 0.29) is 17.9 Å². The lowest BCUT2D eigenvalue weighted by molar-refractivity contribution is -0.134. The molecule has 0 N–H and O–H groups in total. The van der Waals surface area contributed by atoms with Crippen molar-refractivity contribution in [1.82, 2.24) is 0 Å². The highest BCUT2D eigenvalue weighted by atomic mass is 16.5. The number of ether oxygens (including phenoxy) is 1. The average molecular weight is 362 g/mol. The van der Waals surface area contributed by atoms with E-state index in [4.69, 9.17) is 4.74 Å². The van der Waals surface area contributed by atoms with Gasteiger partial charge < -0.3 is 4.74 Å². The van der Waals surface area contributed by atoms with Crippen LogP contribution in [0, 0.1) is 5.41 Å². The van der Waals surface area contributed by atoms with Crippen LogP contribution in [0.5, 0.6) is 0 Å². The van der Waals surface area contributed by atoms with Crippen molar-refractivity contribution in [3.8, 4) is 11.1 Å². The van der Waals surface area contributed by atoms with Gasteiger partial charge in [-0.15, -0.1) is 10.2 Å². The van der Waals surface area contributed by atoms with Gasteiger partial charge in [0.1, 0.15) is 11.5 Å². The van der Waals surface area contributed by atoms with Crippen LogP contribution in [0.15, 0.2) is 58.7 Å². The summed E-state index contributed by atoms with van der Waals surface area (Å²) >= 11 is 0. The molecule has 138 valence electrons. The summed E-state index contributed by atoms with van der Waals surface area (Å²) in [6.45, 7) is 5.42. The number of ketones is 1. The van der Waals surface area contributed by atoms with Crippen molar-refractivity contribution in [3.63, 3.8) is 0 Å². The number of fused-ring (bicyclic) bond motifs is 3. The molecule has 0 radical (unpaired) electrons. The van der Waals surface area contributed by atoms with Gasteiger partial charge in [-0.2, -0.15) is 0 Å². The molecule has 0 heterocycles. The van der Waals surface area contributed by atoms with Gasteiger partial charge >= 0.3 is 5.97 Å². The molecular formula is C22H22N2O3. The monoisotopic (exact) mass is 362 g/mol. The Morgan fingerprint density at radius 1 is 0.889 bits per heavy atom. The van der Waals surface area contributed by atoms with Crippen molar-refractivity contribution in [2.45, 2.75) is 27.2 Å². The van der Waals surface area contributed by atoms with E-state index in [9.17, 15) is 9.59 Å². The Hall–Kier alpha value is -3.08. The highest BCUT2D eigenvalue weighted by Crippen LogP contribution is 2.36. The Morgan fingerprint density at radius 3 is 1.81 bits per heavy atom. The van der Waals surface area contributed by atoms with Gasteiger partial charge in [0.25, 0.3) is 0 Å². The molecule has 0 saturated heterocycles. The minimum Gasteiger partial charge on any atom is -0.464 e. The summed E-state index contributed by atoms with van der Waals surface area (Å²) in [6, 6.07) is 15.8. The summed E-state index contributed by atoms with van der Waals surface area (Å²) in [5.41, 5.74) is 4.18. The fourth-order valence-electron chi connectivity index (χ4n) is 2.90. The Morgan fingerprint density at radius 2 is 1.37 bits per heavy atom. The zero-order valence-corrected chi connectivity index (χ0v) is 15.9. The summed E-state index contributed by atoms with van der Waals surface area (Å²) in [5, 5.41) is 8.50. The van der Waals surface area contributed by atoms with Crippen molar-refractivity contribution in [3.05, 3.63) is 59.7 Å². The van der Waals surface area contributed by atoms with Crippen LogP contribution in [0.25, 0.3) is 11.1 Å². The highest BCUT2D eigenvalue weighted by molar-refractivity contribution is 6.40. The second-order valence-electron chi connectivity index (χ2n) is 7.43. The summed E-state index contributed by atoms with van der Waals surface area (Å²) in [4.78, 5) is 24.4. The zero-order chi connectivity index (χ0) is 19.6. The maximum Gasteiger partial charge on any atom is 0.354 e. The quantitative estimate of drug-likeness (QED) is 0.400. The summed E-state index contributed by atoms with van der Waals surface area (Å²) in [6.07, 6.45) is -0.115. The van der Waals surface area contributed by atoms with E-state index in [0.29, 0.717) is 5.71 Å². The number of esters is 1. The van der Waals surface area contributed by atoms with Crippen LogP contribution in [0.2, 0.25) is 0 Å². The second kappa shape index (κ2) is 7.27. The number of hydrogen-bond donors (Lipinski definition) is 0. The molecule has 0 amide bonds. The number of methoxy groups -OCH3 is 1. The summed E-state index contributed by atoms with van der Waals surface area (Å²) < 4.78 is 4.79. The lowest BCUT2D eigenvalue weighted by atomic mass is 9.88. The van der Waals surface area contributed by atoms with E-state index < -0.39 is 11.4 Å². The van der Waals surface area contributed by atoms with E-state index in [0.717, 1.165) is 22.3 Å². The molecule has 2 aromatic carbocycles. The first kappa shape index (κ1) is 18.7. The van der Waals surface area contributed by atoms with E-state index in [1.807, 2.05) is 48.5 Å². The molecule has 5 heteroatoms. The molecule has 0 aliphatic heterocycles. The molecule has 3 rings (SSSR count). The first-order chi connectivity index (χ1) is 12.8. The van der Waals surface area contributed by atoms with Crippen molar-refractivity contribution in [2.24, 2.45) is 15.6 Å². The second-order valence-corrected chi connectivity index (χ2v) is 7.43. The molecule has 27 heavy (non-hydrogen) atoms. The largest absolute Gasteiger partial charge is 0.464 e. The molecule has 2 aromatic rings. The van der Waals surface area contributed by atoms with Gasteiger partial charge in [0, 0.05) is 16.5 Å². The van der Waals surface area contributed by atoms with E-state index in [1.54, 1.807) is 20.8 Å². The number of Topliss-reactive ketones (excluding diaryl/α,β-unsaturated/α-hetero) is 1. The molecule has 5 nitrogen and oxygen atoms in total. The molecule has 0 saturated carbocycles. The number of carbonyl (C=O) groups excluding carboxylic acids is 2. The maximum absolute atomic E-state index is 12.4. The normalized spacial score (nSPS) is 13.0. The molecule has 0 bridgehead atoms. The third kappa shape index (κ3) is 3.72. The van der Waals surface area contributed by atoms with Gasteiger partial charge in [0.15, 0.2) is 5.71 Å².